The minimum Gasteiger partial charge on any atom is -0.496 e. The van der Waals surface area contributed by atoms with E-state index in [4.69, 9.17) is 16.3 Å². The molecule has 13 nitrogen and oxygen atoms in total. The van der Waals surface area contributed by atoms with Gasteiger partial charge in [0.2, 0.25) is 5.91 Å². The summed E-state index contributed by atoms with van der Waals surface area (Å²) >= 11 is 6.11. The van der Waals surface area contributed by atoms with Gasteiger partial charge in [0.25, 0.3) is 5.69 Å². The summed E-state index contributed by atoms with van der Waals surface area (Å²) in [6.45, 7) is 1.34. The maximum absolute atomic E-state index is 13.5. The number of hydrogen-bond donors (Lipinski definition) is 4. The number of hydrogen-bond acceptors (Lipinski definition) is 9. The van der Waals surface area contributed by atoms with Gasteiger partial charge in [-0.1, -0.05) is 24.6 Å². The van der Waals surface area contributed by atoms with Crippen LogP contribution in [0, 0.1) is 16.0 Å². The largest absolute Gasteiger partial charge is 0.496 e. The summed E-state index contributed by atoms with van der Waals surface area (Å²) in [4.78, 5) is 53.8. The summed E-state index contributed by atoms with van der Waals surface area (Å²) < 4.78 is 5.36. The average molecular weight is 548 g/mol. The molecule has 2 aromatic carbocycles. The topological polar surface area (TPSA) is 184 Å². The van der Waals surface area contributed by atoms with Crippen molar-refractivity contribution in [3.8, 4) is 5.75 Å². The van der Waals surface area contributed by atoms with E-state index in [1.807, 2.05) is 5.48 Å². The van der Waals surface area contributed by atoms with E-state index in [2.05, 4.69) is 10.3 Å². The maximum atomic E-state index is 13.5. The van der Waals surface area contributed by atoms with Crippen LogP contribution in [0.25, 0.3) is 0 Å². The highest BCUT2D eigenvalue weighted by atomic mass is 35.5. The van der Waals surface area contributed by atoms with Gasteiger partial charge >= 0.3 is 12.0 Å². The number of halogens is 1. The van der Waals surface area contributed by atoms with E-state index in [1.165, 1.54) is 13.2 Å². The molecule has 0 unspecified atom stereocenters. The predicted molar refractivity (Wildman–Crippen MR) is 136 cm³/mol. The number of nitro benzene ring substituents is 1. The molecule has 0 saturated heterocycles. The number of methoxy groups -OCH3 is 1. The average Bonchev–Trinajstić information content (AvgIpc) is 3.05. The van der Waals surface area contributed by atoms with Crippen molar-refractivity contribution in [3.05, 3.63) is 68.2 Å². The number of imide groups is 1. The van der Waals surface area contributed by atoms with Gasteiger partial charge < -0.3 is 15.2 Å². The third-order valence-corrected chi connectivity index (χ3v) is 6.30. The van der Waals surface area contributed by atoms with Crippen molar-refractivity contribution < 1.29 is 34.4 Å². The molecule has 0 radical (unpaired) electrons. The molecular weight excluding hydrogens is 522 g/mol. The standard InChI is InChI=1S/C24H26ClN5O8/c1-3-18(13-4-6-17(23(32)33)19(10-13)30(36)37)27-24(34)29-12-21(28-35)26-11-15(22(29)31)8-14-9-16(25)5-7-20(14)38-2/h4-7,9-10,15,18,35H,3,8,11-12H2,1-2H3,(H,26,28)(H,27,34)(H,32,33)/t15-,18+/m0/s1. The highest BCUT2D eigenvalue weighted by Gasteiger charge is 2.34. The van der Waals surface area contributed by atoms with Gasteiger partial charge in [0, 0.05) is 11.1 Å². The Morgan fingerprint density at radius 2 is 2.05 bits per heavy atom. The SMILES string of the molecule is CC[C@@H](NC(=O)N1CC(NO)=NC[C@H](Cc2cc(Cl)ccc2OC)C1=O)c1ccc(C(=O)O)c([N+](=O)[O-])c1. The molecule has 0 saturated carbocycles. The number of hydroxylamine groups is 1. The van der Waals surface area contributed by atoms with Crippen LogP contribution in [0.15, 0.2) is 41.4 Å². The number of carboxylic acid groups (broad SMARTS) is 1. The molecule has 4 N–H and O–H groups in total. The lowest BCUT2D eigenvalue weighted by atomic mass is 9.97. The number of amidine groups is 1. The predicted octanol–water partition coefficient (Wildman–Crippen LogP) is 3.19. The number of aliphatic imine (C=N–C) groups is 1. The first-order valence-corrected chi connectivity index (χ1v) is 11.9. The molecule has 0 fully saturated rings. The molecule has 0 spiro atoms. The summed E-state index contributed by atoms with van der Waals surface area (Å²) in [6.07, 6.45) is 0.425. The van der Waals surface area contributed by atoms with Crippen LogP contribution >= 0.6 is 11.6 Å². The quantitative estimate of drug-likeness (QED) is 0.284. The van der Waals surface area contributed by atoms with Gasteiger partial charge in [-0.2, -0.15) is 0 Å². The molecule has 14 heteroatoms. The Bertz CT molecular complexity index is 1280. The Morgan fingerprint density at radius 3 is 2.66 bits per heavy atom. The Hall–Kier alpha value is -4.23. The summed E-state index contributed by atoms with van der Waals surface area (Å²) in [6, 6.07) is 6.89. The van der Waals surface area contributed by atoms with E-state index in [9.17, 15) is 34.8 Å². The van der Waals surface area contributed by atoms with Crippen molar-refractivity contribution in [1.82, 2.24) is 15.7 Å². The molecule has 38 heavy (non-hydrogen) atoms. The van der Waals surface area contributed by atoms with Gasteiger partial charge in [0.15, 0.2) is 0 Å². The van der Waals surface area contributed by atoms with E-state index in [0.29, 0.717) is 16.3 Å². The van der Waals surface area contributed by atoms with Crippen molar-refractivity contribution in [1.29, 1.82) is 0 Å². The van der Waals surface area contributed by atoms with Gasteiger partial charge in [0.1, 0.15) is 17.1 Å². The lowest BCUT2D eigenvalue weighted by Gasteiger charge is -2.26. The zero-order valence-electron chi connectivity index (χ0n) is 20.5. The number of amides is 3. The highest BCUT2D eigenvalue weighted by molar-refractivity contribution is 6.30. The van der Waals surface area contributed by atoms with Crippen LogP contribution < -0.4 is 15.5 Å². The number of carboxylic acids is 1. The van der Waals surface area contributed by atoms with Crippen LogP contribution in [-0.4, -0.2) is 64.1 Å². The van der Waals surface area contributed by atoms with E-state index >= 15 is 0 Å². The van der Waals surface area contributed by atoms with Crippen molar-refractivity contribution >= 4 is 41.0 Å². The Kier molecular flexibility index (Phi) is 9.20. The second-order valence-electron chi connectivity index (χ2n) is 8.43. The number of carbonyl (C=O) groups is 3. The molecule has 202 valence electrons. The molecule has 2 atom stereocenters. The van der Waals surface area contributed by atoms with Crippen LogP contribution in [0.2, 0.25) is 5.02 Å². The molecule has 0 aromatic heterocycles. The van der Waals surface area contributed by atoms with E-state index in [1.54, 1.807) is 25.1 Å². The smallest absolute Gasteiger partial charge is 0.342 e. The lowest BCUT2D eigenvalue weighted by Crippen LogP contribution is -2.50. The van der Waals surface area contributed by atoms with Crippen LogP contribution in [-0.2, 0) is 11.2 Å². The molecule has 2 aromatic rings. The number of aromatic carboxylic acids is 1. The number of rotatable bonds is 8. The number of benzene rings is 2. The maximum Gasteiger partial charge on any atom is 0.342 e. The number of nitrogens with zero attached hydrogens (tertiary/aromatic N) is 3. The van der Waals surface area contributed by atoms with Crippen molar-refractivity contribution in [2.45, 2.75) is 25.8 Å². The van der Waals surface area contributed by atoms with Gasteiger partial charge in [-0.05, 0) is 48.2 Å². The molecule has 3 amide bonds. The monoisotopic (exact) mass is 547 g/mol. The zero-order valence-corrected chi connectivity index (χ0v) is 21.3. The molecule has 0 aliphatic carbocycles. The minimum absolute atomic E-state index is 0.0106. The number of nitro groups is 1. The van der Waals surface area contributed by atoms with Gasteiger partial charge in [-0.25, -0.2) is 9.59 Å². The van der Waals surface area contributed by atoms with Gasteiger partial charge in [-0.3, -0.25) is 35.5 Å². The Morgan fingerprint density at radius 1 is 1.32 bits per heavy atom. The summed E-state index contributed by atoms with van der Waals surface area (Å²) in [5, 5.41) is 33.2. The molecule has 0 bridgehead atoms. The summed E-state index contributed by atoms with van der Waals surface area (Å²) in [5.41, 5.74) is 1.71. The summed E-state index contributed by atoms with van der Waals surface area (Å²) in [7, 11) is 1.48. The fourth-order valence-corrected chi connectivity index (χ4v) is 4.30. The second kappa shape index (κ2) is 12.3. The Balaban J connectivity index is 1.88. The van der Waals surface area contributed by atoms with E-state index in [-0.39, 0.29) is 37.3 Å². The van der Waals surface area contributed by atoms with Crippen molar-refractivity contribution in [2.75, 3.05) is 20.2 Å². The van der Waals surface area contributed by atoms with Crippen LogP contribution in [0.1, 0.15) is 40.9 Å². The number of nitrogens with one attached hydrogen (secondary N) is 2. The van der Waals surface area contributed by atoms with E-state index in [0.717, 1.165) is 17.0 Å². The lowest BCUT2D eigenvalue weighted by molar-refractivity contribution is -0.385. The third kappa shape index (κ3) is 6.36. The van der Waals surface area contributed by atoms with E-state index < -0.39 is 46.0 Å². The van der Waals surface area contributed by atoms with Crippen LogP contribution in [0.3, 0.4) is 0 Å². The fourth-order valence-electron chi connectivity index (χ4n) is 4.11. The third-order valence-electron chi connectivity index (χ3n) is 6.07. The first-order chi connectivity index (χ1) is 18.1. The zero-order chi connectivity index (χ0) is 28.0. The molecule has 1 heterocycles. The van der Waals surface area contributed by atoms with Crippen LogP contribution in [0.5, 0.6) is 5.75 Å². The first-order valence-electron chi connectivity index (χ1n) is 11.5. The Labute approximate surface area is 222 Å². The molecule has 1 aliphatic rings. The summed E-state index contributed by atoms with van der Waals surface area (Å²) in [5.74, 6) is -2.33. The number of carbonyl (C=O) groups excluding carboxylic acids is 2. The molecular formula is C24H26ClN5O8. The molecule has 3 rings (SSSR count). The van der Waals surface area contributed by atoms with Crippen LogP contribution in [0.4, 0.5) is 10.5 Å². The second-order valence-corrected chi connectivity index (χ2v) is 8.87. The first kappa shape index (κ1) is 28.3. The van der Waals surface area contributed by atoms with Crippen molar-refractivity contribution in [2.24, 2.45) is 10.9 Å². The number of urea groups is 1. The minimum atomic E-state index is -1.46. The fraction of sp³-hybridized carbons (Fsp3) is 0.333. The number of ether oxygens (including phenoxy) is 1. The van der Waals surface area contributed by atoms with Gasteiger partial charge in [0.05, 0.1) is 37.1 Å². The highest BCUT2D eigenvalue weighted by Crippen LogP contribution is 2.28. The van der Waals surface area contributed by atoms with Gasteiger partial charge in [-0.15, -0.1) is 0 Å². The molecule has 1 aliphatic heterocycles. The normalized spacial score (nSPS) is 16.2. The van der Waals surface area contributed by atoms with Crippen molar-refractivity contribution in [3.63, 3.8) is 0 Å².